The molecule has 2 aromatic carbocycles. The van der Waals surface area contributed by atoms with Gasteiger partial charge < -0.3 is 10.6 Å². The van der Waals surface area contributed by atoms with Crippen LogP contribution in [0.2, 0.25) is 10.0 Å². The van der Waals surface area contributed by atoms with E-state index in [1.807, 2.05) is 13.0 Å². The Morgan fingerprint density at radius 1 is 1.05 bits per heavy atom. The van der Waals surface area contributed by atoms with Crippen LogP contribution in [0, 0.1) is 23.1 Å². The average molecular weight is 616 g/mol. The maximum atomic E-state index is 15.9. The number of nitrogens with one attached hydrogen (secondary N) is 2. The minimum atomic E-state index is -1.25. The van der Waals surface area contributed by atoms with E-state index >= 15 is 4.39 Å². The van der Waals surface area contributed by atoms with Crippen LogP contribution in [-0.4, -0.2) is 29.6 Å². The second-order valence-corrected chi connectivity index (χ2v) is 14.5. The molecule has 1 aliphatic carbocycles. The summed E-state index contributed by atoms with van der Waals surface area (Å²) in [4.78, 5) is 41.0. The van der Waals surface area contributed by atoms with Gasteiger partial charge in [-0.15, -0.1) is 0 Å². The van der Waals surface area contributed by atoms with Crippen LogP contribution in [0.1, 0.15) is 96.1 Å². The number of carbonyl (C=O) groups is 3. The molecule has 0 aromatic heterocycles. The quantitative estimate of drug-likeness (QED) is 0.316. The van der Waals surface area contributed by atoms with Crippen LogP contribution in [0.5, 0.6) is 0 Å². The number of halogens is 3. The molecule has 1 saturated heterocycles. The smallest absolute Gasteiger partial charge is 0.237 e. The first-order chi connectivity index (χ1) is 19.9. The van der Waals surface area contributed by atoms with E-state index in [2.05, 4.69) is 31.4 Å². The van der Waals surface area contributed by atoms with Crippen LogP contribution in [0.3, 0.4) is 0 Å². The highest BCUT2D eigenvalue weighted by Gasteiger charge is 2.66. The minimum Gasteiger partial charge on any atom is -0.325 e. The Morgan fingerprint density at radius 2 is 1.76 bits per heavy atom. The predicted octanol–water partition coefficient (Wildman–Crippen LogP) is 8.02. The number of benzene rings is 2. The maximum absolute atomic E-state index is 15.9. The van der Waals surface area contributed by atoms with E-state index in [1.165, 1.54) is 6.07 Å². The van der Waals surface area contributed by atoms with Crippen molar-refractivity contribution in [1.82, 2.24) is 5.32 Å². The van der Waals surface area contributed by atoms with Gasteiger partial charge in [-0.25, -0.2) is 4.39 Å². The van der Waals surface area contributed by atoms with E-state index in [4.69, 9.17) is 23.2 Å². The lowest BCUT2D eigenvalue weighted by molar-refractivity contribution is -0.124. The lowest BCUT2D eigenvalue weighted by Crippen LogP contribution is -2.49. The Kier molecular flexibility index (Phi) is 8.91. The highest BCUT2D eigenvalue weighted by atomic mass is 35.5. The van der Waals surface area contributed by atoms with Crippen molar-refractivity contribution in [2.45, 2.75) is 102 Å². The van der Waals surface area contributed by atoms with Gasteiger partial charge in [-0.05, 0) is 79.2 Å². The largest absolute Gasteiger partial charge is 0.325 e. The van der Waals surface area contributed by atoms with Crippen LogP contribution in [-0.2, 0) is 19.8 Å². The highest BCUT2D eigenvalue weighted by Crippen LogP contribution is 2.57. The van der Waals surface area contributed by atoms with E-state index in [9.17, 15) is 14.4 Å². The second kappa shape index (κ2) is 12.0. The van der Waals surface area contributed by atoms with Crippen LogP contribution in [0.25, 0.3) is 0 Å². The summed E-state index contributed by atoms with van der Waals surface area (Å²) >= 11 is 12.6. The molecule has 1 amide bonds. The number of carbonyl (C=O) groups excluding carboxylic acids is 3. The molecular formula is C34H41Cl2FN2O3. The normalized spacial score (nSPS) is 29.0. The van der Waals surface area contributed by atoms with Gasteiger partial charge >= 0.3 is 0 Å². The summed E-state index contributed by atoms with van der Waals surface area (Å²) in [6, 6.07) is 8.88. The molecule has 0 radical (unpaired) electrons. The molecule has 8 heteroatoms. The Balaban J connectivity index is 1.56. The molecule has 5 nitrogen and oxygen atoms in total. The van der Waals surface area contributed by atoms with Gasteiger partial charge in [-0.3, -0.25) is 14.4 Å². The van der Waals surface area contributed by atoms with E-state index in [0.717, 1.165) is 32.1 Å². The van der Waals surface area contributed by atoms with Crippen molar-refractivity contribution in [2.24, 2.45) is 17.3 Å². The summed E-state index contributed by atoms with van der Waals surface area (Å²) in [6.45, 7) is 8.31. The number of ketones is 2. The van der Waals surface area contributed by atoms with Gasteiger partial charge in [0, 0.05) is 41.4 Å². The summed E-state index contributed by atoms with van der Waals surface area (Å²) in [6.07, 6.45) is 5.59. The van der Waals surface area contributed by atoms with Gasteiger partial charge in [0.05, 0.1) is 11.1 Å². The minimum absolute atomic E-state index is 0.0336. The molecule has 0 unspecified atom stereocenters. The molecule has 2 N–H and O–H groups in total. The maximum Gasteiger partial charge on any atom is 0.237 e. The molecule has 1 spiro atoms. The molecule has 226 valence electrons. The molecule has 2 aliphatic heterocycles. The van der Waals surface area contributed by atoms with Crippen LogP contribution in [0.4, 0.5) is 10.1 Å². The number of fused-ring (bicyclic) bond motifs is 2. The number of hydrogen-bond acceptors (Lipinski definition) is 4. The number of anilines is 1. The fourth-order valence-electron chi connectivity index (χ4n) is 7.75. The van der Waals surface area contributed by atoms with E-state index in [-0.39, 0.29) is 39.5 Å². The van der Waals surface area contributed by atoms with Gasteiger partial charge in [-0.1, -0.05) is 69.1 Å². The third-order valence-corrected chi connectivity index (χ3v) is 10.1. The summed E-state index contributed by atoms with van der Waals surface area (Å²) < 4.78 is 15.9. The fourth-order valence-corrected chi connectivity index (χ4v) is 8.11. The predicted molar refractivity (Wildman–Crippen MR) is 166 cm³/mol. The summed E-state index contributed by atoms with van der Waals surface area (Å²) in [5, 5.41) is 7.05. The number of rotatable bonds is 8. The third-order valence-electron chi connectivity index (χ3n) is 9.57. The zero-order valence-corrected chi connectivity index (χ0v) is 26.4. The molecule has 4 atom stereocenters. The van der Waals surface area contributed by atoms with Gasteiger partial charge in [-0.2, -0.15) is 0 Å². The van der Waals surface area contributed by atoms with Crippen LogP contribution in [0.15, 0.2) is 36.4 Å². The van der Waals surface area contributed by atoms with E-state index in [0.29, 0.717) is 41.3 Å². The third kappa shape index (κ3) is 5.67. The summed E-state index contributed by atoms with van der Waals surface area (Å²) in [5.74, 6) is -1.17. The van der Waals surface area contributed by atoms with Crippen molar-refractivity contribution in [1.29, 1.82) is 0 Å². The molecule has 0 bridgehead atoms. The first-order valence-corrected chi connectivity index (χ1v) is 16.0. The SMILES string of the molecule is CCCC(=O)C1CCC(CC(=O)[C@@H]2N[C@H](CC(C)(C)C)[C@]3(C(=O)Nc4cc(Cl)ccc43)[C@H]2c2cccc(Cl)c2F)CC1. The van der Waals surface area contributed by atoms with Gasteiger partial charge in [0.15, 0.2) is 5.78 Å². The first kappa shape index (κ1) is 31.2. The molecular weight excluding hydrogens is 574 g/mol. The molecule has 2 aromatic rings. The average Bonchev–Trinajstić information content (AvgIpc) is 3.39. The highest BCUT2D eigenvalue weighted by molar-refractivity contribution is 6.31. The molecule has 2 fully saturated rings. The fraction of sp³-hybridized carbons (Fsp3) is 0.559. The zero-order valence-electron chi connectivity index (χ0n) is 24.9. The van der Waals surface area contributed by atoms with Crippen molar-refractivity contribution < 1.29 is 18.8 Å². The van der Waals surface area contributed by atoms with E-state index in [1.54, 1.807) is 24.3 Å². The molecule has 1 saturated carbocycles. The van der Waals surface area contributed by atoms with E-state index < -0.39 is 29.2 Å². The lowest BCUT2D eigenvalue weighted by atomic mass is 9.62. The first-order valence-electron chi connectivity index (χ1n) is 15.2. The Hall–Kier alpha value is -2.28. The number of Topliss-reactive ketones (excluding diaryl/α,β-unsaturated/α-hetero) is 2. The number of hydrogen-bond donors (Lipinski definition) is 2. The summed E-state index contributed by atoms with van der Waals surface area (Å²) in [5.41, 5.74) is 0.121. The number of amides is 1. The van der Waals surface area contributed by atoms with Crippen molar-refractivity contribution in [2.75, 3.05) is 5.32 Å². The summed E-state index contributed by atoms with van der Waals surface area (Å²) in [7, 11) is 0. The standard InChI is InChI=1S/C34H41Cl2FN2O3/c1-5-7-26(40)20-12-10-19(11-13-20)16-27(41)31-29(22-8-6-9-24(36)30(22)37)34(28(39-31)18-33(2,3)4)23-15-14-21(35)17-25(23)38-32(34)42/h6,8-9,14-15,17,19-20,28-29,31,39H,5,7,10-13,16,18H2,1-4H3,(H,38,42)/t19?,20?,28-,29+,31+,34+/m1/s1. The second-order valence-electron chi connectivity index (χ2n) is 13.7. The zero-order chi connectivity index (χ0) is 30.4. The lowest BCUT2D eigenvalue weighted by Gasteiger charge is -2.38. The molecule has 2 heterocycles. The Bertz CT molecular complexity index is 1380. The van der Waals surface area contributed by atoms with Crippen LogP contribution >= 0.6 is 23.2 Å². The molecule has 42 heavy (non-hydrogen) atoms. The van der Waals surface area contributed by atoms with Crippen LogP contribution < -0.4 is 10.6 Å². The van der Waals surface area contributed by atoms with Crippen molar-refractivity contribution in [3.05, 3.63) is 63.4 Å². The topological polar surface area (TPSA) is 75.3 Å². The molecule has 3 aliphatic rings. The van der Waals surface area contributed by atoms with Crippen molar-refractivity contribution in [3.63, 3.8) is 0 Å². The van der Waals surface area contributed by atoms with Crippen molar-refractivity contribution >= 4 is 46.4 Å². The Morgan fingerprint density at radius 3 is 2.43 bits per heavy atom. The van der Waals surface area contributed by atoms with Gasteiger partial charge in [0.2, 0.25) is 5.91 Å². The Labute approximate surface area is 258 Å². The molecule has 5 rings (SSSR count). The van der Waals surface area contributed by atoms with Crippen molar-refractivity contribution in [3.8, 4) is 0 Å². The van der Waals surface area contributed by atoms with Gasteiger partial charge in [0.25, 0.3) is 0 Å². The van der Waals surface area contributed by atoms with Gasteiger partial charge in [0.1, 0.15) is 17.0 Å². The monoisotopic (exact) mass is 614 g/mol.